The lowest BCUT2D eigenvalue weighted by Gasteiger charge is -2.22. The van der Waals surface area contributed by atoms with Crippen molar-refractivity contribution in [3.05, 3.63) is 76.1 Å². The molecular formula is C25H29NO3. The lowest BCUT2D eigenvalue weighted by atomic mass is 9.98. The van der Waals surface area contributed by atoms with Crippen molar-refractivity contribution in [3.8, 4) is 5.75 Å². The second-order valence-corrected chi connectivity index (χ2v) is 8.28. The summed E-state index contributed by atoms with van der Waals surface area (Å²) in [5.41, 5.74) is 2.42. The van der Waals surface area contributed by atoms with Crippen molar-refractivity contribution < 1.29 is 9.15 Å². The third-order valence-electron chi connectivity index (χ3n) is 5.81. The summed E-state index contributed by atoms with van der Waals surface area (Å²) in [5, 5.41) is 0.934. The van der Waals surface area contributed by atoms with Crippen LogP contribution >= 0.6 is 0 Å². The fourth-order valence-electron chi connectivity index (χ4n) is 4.21. The first-order valence-corrected chi connectivity index (χ1v) is 10.5. The zero-order valence-electron chi connectivity index (χ0n) is 17.3. The van der Waals surface area contributed by atoms with Crippen molar-refractivity contribution in [1.82, 2.24) is 4.90 Å². The van der Waals surface area contributed by atoms with Gasteiger partial charge in [-0.2, -0.15) is 0 Å². The molecule has 0 saturated heterocycles. The molecule has 0 aliphatic heterocycles. The average Bonchev–Trinajstić information content (AvgIpc) is 3.26. The highest BCUT2D eigenvalue weighted by Crippen LogP contribution is 2.34. The van der Waals surface area contributed by atoms with E-state index in [2.05, 4.69) is 31.1 Å². The SMILES string of the molecule is CN(C)CCC(Oc1ccc2oc(=O)c(C3CCCC3)cc2c1)c1ccccc1. The lowest BCUT2D eigenvalue weighted by molar-refractivity contribution is 0.179. The van der Waals surface area contributed by atoms with Crippen LogP contribution in [0.4, 0.5) is 0 Å². The van der Waals surface area contributed by atoms with Crippen molar-refractivity contribution in [1.29, 1.82) is 0 Å². The fourth-order valence-corrected chi connectivity index (χ4v) is 4.21. The van der Waals surface area contributed by atoms with E-state index in [1.54, 1.807) is 0 Å². The number of ether oxygens (including phenoxy) is 1. The number of rotatable bonds is 7. The minimum atomic E-state index is -0.189. The highest BCUT2D eigenvalue weighted by molar-refractivity contribution is 5.78. The largest absolute Gasteiger partial charge is 0.486 e. The quantitative estimate of drug-likeness (QED) is 0.497. The Balaban J connectivity index is 1.63. The molecule has 1 heterocycles. The maximum Gasteiger partial charge on any atom is 0.339 e. The van der Waals surface area contributed by atoms with Crippen molar-refractivity contribution in [2.75, 3.05) is 20.6 Å². The molecule has 0 amide bonds. The predicted octanol–water partition coefficient (Wildman–Crippen LogP) is 5.52. The van der Waals surface area contributed by atoms with Gasteiger partial charge in [-0.3, -0.25) is 0 Å². The van der Waals surface area contributed by atoms with Crippen LogP contribution in [0.3, 0.4) is 0 Å². The summed E-state index contributed by atoms with van der Waals surface area (Å²) >= 11 is 0. The van der Waals surface area contributed by atoms with Crippen LogP contribution in [0.25, 0.3) is 11.0 Å². The van der Waals surface area contributed by atoms with Crippen molar-refractivity contribution in [2.45, 2.75) is 44.1 Å². The molecule has 1 unspecified atom stereocenters. The molecule has 1 saturated carbocycles. The highest BCUT2D eigenvalue weighted by Gasteiger charge is 2.21. The van der Waals surface area contributed by atoms with Crippen molar-refractivity contribution in [3.63, 3.8) is 0 Å². The molecule has 0 bridgehead atoms. The molecule has 152 valence electrons. The minimum absolute atomic E-state index is 0.0268. The van der Waals surface area contributed by atoms with Gasteiger partial charge in [-0.15, -0.1) is 0 Å². The molecule has 1 aliphatic carbocycles. The third-order valence-corrected chi connectivity index (χ3v) is 5.81. The summed E-state index contributed by atoms with van der Waals surface area (Å²) in [6.45, 7) is 0.938. The molecule has 2 aromatic carbocycles. The van der Waals surface area contributed by atoms with Crippen LogP contribution < -0.4 is 10.4 Å². The van der Waals surface area contributed by atoms with Crippen LogP contribution in [0.15, 0.2) is 63.8 Å². The van der Waals surface area contributed by atoms with Gasteiger partial charge < -0.3 is 14.1 Å². The summed E-state index contributed by atoms with van der Waals surface area (Å²) in [6.07, 6.45) is 5.40. The molecular weight excluding hydrogens is 362 g/mol. The fraction of sp³-hybridized carbons (Fsp3) is 0.400. The van der Waals surface area contributed by atoms with E-state index in [-0.39, 0.29) is 11.7 Å². The summed E-state index contributed by atoms with van der Waals surface area (Å²) < 4.78 is 12.0. The summed E-state index contributed by atoms with van der Waals surface area (Å²) in [6, 6.07) is 18.1. The molecule has 3 aromatic rings. The monoisotopic (exact) mass is 391 g/mol. The van der Waals surface area contributed by atoms with Crippen LogP contribution in [0.1, 0.15) is 55.3 Å². The van der Waals surface area contributed by atoms with E-state index in [4.69, 9.17) is 9.15 Å². The maximum atomic E-state index is 12.4. The van der Waals surface area contributed by atoms with E-state index in [9.17, 15) is 4.79 Å². The van der Waals surface area contributed by atoms with Crippen molar-refractivity contribution in [2.24, 2.45) is 0 Å². The van der Waals surface area contributed by atoms with Gasteiger partial charge in [0, 0.05) is 23.9 Å². The Morgan fingerprint density at radius 3 is 2.55 bits per heavy atom. The molecule has 1 fully saturated rings. The van der Waals surface area contributed by atoms with Gasteiger partial charge in [0.25, 0.3) is 0 Å². The Bertz CT molecular complexity index is 1000. The zero-order valence-corrected chi connectivity index (χ0v) is 17.3. The minimum Gasteiger partial charge on any atom is -0.486 e. The second kappa shape index (κ2) is 8.83. The van der Waals surface area contributed by atoms with Gasteiger partial charge in [0.05, 0.1) is 0 Å². The Labute approximate surface area is 172 Å². The van der Waals surface area contributed by atoms with Gasteiger partial charge in [0.15, 0.2) is 0 Å². The zero-order chi connectivity index (χ0) is 20.2. The normalized spacial score (nSPS) is 15.8. The van der Waals surface area contributed by atoms with Crippen LogP contribution in [0, 0.1) is 0 Å². The average molecular weight is 392 g/mol. The topological polar surface area (TPSA) is 42.7 Å². The van der Waals surface area contributed by atoms with Crippen molar-refractivity contribution >= 4 is 11.0 Å². The number of hydrogen-bond donors (Lipinski definition) is 0. The summed E-state index contributed by atoms with van der Waals surface area (Å²) in [4.78, 5) is 14.6. The number of nitrogens with zero attached hydrogens (tertiary/aromatic N) is 1. The summed E-state index contributed by atoms with van der Waals surface area (Å²) in [5.74, 6) is 1.13. The van der Waals surface area contributed by atoms with Gasteiger partial charge >= 0.3 is 5.63 Å². The van der Waals surface area contributed by atoms with E-state index in [1.807, 2.05) is 42.5 Å². The molecule has 29 heavy (non-hydrogen) atoms. The van der Waals surface area contributed by atoms with E-state index in [1.165, 1.54) is 18.4 Å². The first kappa shape index (κ1) is 19.7. The molecule has 0 radical (unpaired) electrons. The Morgan fingerprint density at radius 1 is 1.07 bits per heavy atom. The molecule has 0 spiro atoms. The Hall–Kier alpha value is -2.59. The van der Waals surface area contributed by atoms with Gasteiger partial charge in [-0.25, -0.2) is 4.79 Å². The van der Waals surface area contributed by atoms with Gasteiger partial charge in [-0.1, -0.05) is 43.2 Å². The molecule has 1 atom stereocenters. The first-order valence-electron chi connectivity index (χ1n) is 10.5. The van der Waals surface area contributed by atoms with Crippen LogP contribution in [0.5, 0.6) is 5.75 Å². The standard InChI is InChI=1S/C25H29NO3/c1-26(2)15-14-24(19-10-4-3-5-11-19)28-21-12-13-23-20(16-21)17-22(25(27)29-23)18-8-6-7-9-18/h3-5,10-13,16-18,24H,6-9,14-15H2,1-2H3. The second-order valence-electron chi connectivity index (χ2n) is 8.28. The molecule has 4 nitrogen and oxygen atoms in total. The van der Waals surface area contributed by atoms with Gasteiger partial charge in [-0.05, 0) is 62.7 Å². The molecule has 4 rings (SSSR count). The number of benzene rings is 2. The Morgan fingerprint density at radius 2 is 1.83 bits per heavy atom. The van der Waals surface area contributed by atoms with E-state index < -0.39 is 0 Å². The highest BCUT2D eigenvalue weighted by atomic mass is 16.5. The predicted molar refractivity (Wildman–Crippen MR) is 117 cm³/mol. The smallest absolute Gasteiger partial charge is 0.339 e. The molecule has 1 aromatic heterocycles. The van der Waals surface area contributed by atoms with Crippen LogP contribution in [-0.4, -0.2) is 25.5 Å². The Kier molecular flexibility index (Phi) is 6.00. The molecule has 0 N–H and O–H groups in total. The third kappa shape index (κ3) is 4.70. The first-order chi connectivity index (χ1) is 14.1. The van der Waals surface area contributed by atoms with E-state index in [0.717, 1.165) is 42.5 Å². The summed E-state index contributed by atoms with van der Waals surface area (Å²) in [7, 11) is 4.15. The van der Waals surface area contributed by atoms with Crippen LogP contribution in [-0.2, 0) is 0 Å². The van der Waals surface area contributed by atoms with Gasteiger partial charge in [0.1, 0.15) is 17.4 Å². The van der Waals surface area contributed by atoms with Gasteiger partial charge in [0.2, 0.25) is 0 Å². The molecule has 4 heteroatoms. The van der Waals surface area contributed by atoms with E-state index in [0.29, 0.717) is 11.5 Å². The lowest BCUT2D eigenvalue weighted by Crippen LogP contribution is -2.18. The number of hydrogen-bond acceptors (Lipinski definition) is 4. The van der Waals surface area contributed by atoms with E-state index >= 15 is 0 Å². The van der Waals surface area contributed by atoms with Crippen LogP contribution in [0.2, 0.25) is 0 Å². The molecule has 1 aliphatic rings. The number of fused-ring (bicyclic) bond motifs is 1. The maximum absolute atomic E-state index is 12.4.